The van der Waals surface area contributed by atoms with Gasteiger partial charge in [0.15, 0.2) is 0 Å². The highest BCUT2D eigenvalue weighted by Gasteiger charge is 2.24. The van der Waals surface area contributed by atoms with Crippen LogP contribution in [0.2, 0.25) is 0 Å². The molecule has 0 saturated carbocycles. The van der Waals surface area contributed by atoms with Crippen LogP contribution in [0.4, 0.5) is 0 Å². The maximum Gasteiger partial charge on any atom is 0.102 e. The Bertz CT molecular complexity index is 132. The molecular formula is C9H22NOS+. The summed E-state index contributed by atoms with van der Waals surface area (Å²) in [6.45, 7) is 5.69. The molecule has 74 valence electrons. The molecule has 1 rings (SSSR count). The van der Waals surface area contributed by atoms with Gasteiger partial charge in [-0.25, -0.2) is 0 Å². The predicted molar refractivity (Wildman–Crippen MR) is 57.3 cm³/mol. The fourth-order valence-electron chi connectivity index (χ4n) is 1.45. The Morgan fingerprint density at radius 1 is 1.25 bits per heavy atom. The summed E-state index contributed by atoms with van der Waals surface area (Å²) in [4.78, 5) is 0. The molecule has 0 N–H and O–H groups in total. The average molecular weight is 192 g/mol. The van der Waals surface area contributed by atoms with Gasteiger partial charge in [-0.2, -0.15) is 0 Å². The lowest BCUT2D eigenvalue weighted by atomic mass is 10.3. The molecule has 1 aliphatic heterocycles. The van der Waals surface area contributed by atoms with Crippen LogP contribution in [-0.4, -0.2) is 62.6 Å². The lowest BCUT2D eigenvalue weighted by Crippen LogP contribution is -2.53. The van der Waals surface area contributed by atoms with Crippen molar-refractivity contribution in [3.63, 3.8) is 0 Å². The number of hydrogen-bond donors (Lipinski definition) is 1. The number of rotatable bonds is 3. The van der Waals surface area contributed by atoms with Gasteiger partial charge in [0.2, 0.25) is 0 Å². The predicted octanol–water partition coefficient (Wildman–Crippen LogP) is 0.724. The average Bonchev–Trinajstić information content (AvgIpc) is 2.03. The van der Waals surface area contributed by atoms with Crippen LogP contribution in [0.5, 0.6) is 0 Å². The van der Waals surface area contributed by atoms with Crippen LogP contribution in [0.1, 0.15) is 0 Å². The zero-order valence-corrected chi connectivity index (χ0v) is 9.44. The molecule has 0 aliphatic carbocycles. The minimum atomic E-state index is 0.286. The molecule has 0 aromatic heterocycles. The molecule has 2 nitrogen and oxygen atoms in total. The van der Waals surface area contributed by atoms with E-state index in [1.165, 1.54) is 29.9 Å². The van der Waals surface area contributed by atoms with E-state index in [0.29, 0.717) is 0 Å². The maximum atomic E-state index is 5.36. The SMILES string of the molecule is C[SH](C)CC[N+]1(C)CCOCC1. The highest BCUT2D eigenvalue weighted by atomic mass is 32.2. The van der Waals surface area contributed by atoms with Crippen LogP contribution >= 0.6 is 10.9 Å². The van der Waals surface area contributed by atoms with Gasteiger partial charge in [-0.1, -0.05) is 0 Å². The fourth-order valence-corrected chi connectivity index (χ4v) is 2.33. The number of quaternary nitrogens is 1. The summed E-state index contributed by atoms with van der Waals surface area (Å²) in [5.74, 6) is 1.41. The van der Waals surface area contributed by atoms with E-state index in [2.05, 4.69) is 19.6 Å². The maximum absolute atomic E-state index is 5.36. The second-order valence-corrected chi connectivity index (χ2v) is 6.81. The van der Waals surface area contributed by atoms with Crippen LogP contribution in [0.15, 0.2) is 0 Å². The number of hydrogen-bond acceptors (Lipinski definition) is 1. The van der Waals surface area contributed by atoms with Crippen molar-refractivity contribution in [3.8, 4) is 0 Å². The number of likely N-dealkylation sites (N-methyl/N-ethyl adjacent to an activating group) is 1. The molecular weight excluding hydrogens is 170 g/mol. The molecule has 1 aliphatic rings. The largest absolute Gasteiger partial charge is 0.370 e. The molecule has 1 heterocycles. The van der Waals surface area contributed by atoms with E-state index < -0.39 is 0 Å². The van der Waals surface area contributed by atoms with Crippen LogP contribution in [0.25, 0.3) is 0 Å². The molecule has 0 aromatic rings. The summed E-state index contributed by atoms with van der Waals surface area (Å²) in [6.07, 6.45) is 4.73. The molecule has 0 spiro atoms. The molecule has 0 aromatic carbocycles. The van der Waals surface area contributed by atoms with Crippen LogP contribution in [0, 0.1) is 0 Å². The minimum absolute atomic E-state index is 0.286. The van der Waals surface area contributed by atoms with Crippen molar-refractivity contribution < 1.29 is 9.22 Å². The van der Waals surface area contributed by atoms with Gasteiger partial charge in [-0.3, -0.25) is 10.9 Å². The number of thiol groups is 1. The van der Waals surface area contributed by atoms with Crippen molar-refractivity contribution in [3.05, 3.63) is 0 Å². The van der Waals surface area contributed by atoms with Crippen molar-refractivity contribution in [2.75, 3.05) is 58.2 Å². The Labute approximate surface area is 78.8 Å². The third-order valence-electron chi connectivity index (χ3n) is 2.64. The first-order chi connectivity index (χ1) is 5.62. The van der Waals surface area contributed by atoms with Gasteiger partial charge < -0.3 is 9.22 Å². The first-order valence-corrected chi connectivity index (χ1v) is 7.11. The highest BCUT2D eigenvalue weighted by molar-refractivity contribution is 8.15. The Kier molecular flexibility index (Phi) is 3.87. The molecule has 1 fully saturated rings. The Morgan fingerprint density at radius 3 is 2.33 bits per heavy atom. The third kappa shape index (κ3) is 3.33. The van der Waals surface area contributed by atoms with Crippen molar-refractivity contribution in [2.45, 2.75) is 0 Å². The zero-order chi connectivity index (χ0) is 9.03. The van der Waals surface area contributed by atoms with Crippen LogP contribution < -0.4 is 0 Å². The van der Waals surface area contributed by atoms with Gasteiger partial charge in [0, 0.05) is 5.75 Å². The van der Waals surface area contributed by atoms with Crippen LogP contribution in [-0.2, 0) is 4.74 Å². The first kappa shape index (κ1) is 10.4. The lowest BCUT2D eigenvalue weighted by molar-refractivity contribution is -0.914. The zero-order valence-electron chi connectivity index (χ0n) is 8.55. The number of ether oxygens (including phenoxy) is 1. The highest BCUT2D eigenvalue weighted by Crippen LogP contribution is 2.16. The van der Waals surface area contributed by atoms with Gasteiger partial charge in [0.05, 0.1) is 26.8 Å². The summed E-state index contributed by atoms with van der Waals surface area (Å²) in [6, 6.07) is 0. The summed E-state index contributed by atoms with van der Waals surface area (Å²) in [7, 11) is 2.65. The van der Waals surface area contributed by atoms with Gasteiger partial charge in [0.25, 0.3) is 0 Å². The first-order valence-electron chi connectivity index (χ1n) is 4.68. The van der Waals surface area contributed by atoms with Gasteiger partial charge in [0.1, 0.15) is 13.1 Å². The van der Waals surface area contributed by atoms with E-state index in [9.17, 15) is 0 Å². The smallest absolute Gasteiger partial charge is 0.102 e. The molecule has 0 bridgehead atoms. The Hall–Kier alpha value is 0.270. The molecule has 12 heavy (non-hydrogen) atoms. The van der Waals surface area contributed by atoms with E-state index in [4.69, 9.17) is 4.74 Å². The summed E-state index contributed by atoms with van der Waals surface area (Å²) >= 11 is 0. The quantitative estimate of drug-likeness (QED) is 0.512. The second-order valence-electron chi connectivity index (χ2n) is 4.21. The summed E-state index contributed by atoms with van der Waals surface area (Å²) in [5, 5.41) is 0. The molecule has 0 amide bonds. The number of morpholine rings is 1. The molecule has 0 radical (unpaired) electrons. The molecule has 3 heteroatoms. The van der Waals surface area contributed by atoms with Crippen molar-refractivity contribution in [2.24, 2.45) is 0 Å². The lowest BCUT2D eigenvalue weighted by Gasteiger charge is -2.38. The van der Waals surface area contributed by atoms with E-state index in [-0.39, 0.29) is 10.9 Å². The molecule has 0 unspecified atom stereocenters. The molecule has 0 atom stereocenters. The van der Waals surface area contributed by atoms with Gasteiger partial charge >= 0.3 is 0 Å². The Balaban J connectivity index is 2.26. The van der Waals surface area contributed by atoms with E-state index in [1.54, 1.807) is 0 Å². The molecule has 1 saturated heterocycles. The minimum Gasteiger partial charge on any atom is -0.370 e. The third-order valence-corrected chi connectivity index (χ3v) is 3.73. The number of nitrogens with zero attached hydrogens (tertiary/aromatic N) is 1. The second kappa shape index (κ2) is 4.49. The fraction of sp³-hybridized carbons (Fsp3) is 1.00. The standard InChI is InChI=1S/C9H22NOS/c1-10(6-9-12(2)3)4-7-11-8-5-10/h12H,4-9H2,1-3H3/q+1. The van der Waals surface area contributed by atoms with E-state index in [0.717, 1.165) is 13.2 Å². The Morgan fingerprint density at radius 2 is 1.83 bits per heavy atom. The topological polar surface area (TPSA) is 9.23 Å². The van der Waals surface area contributed by atoms with E-state index >= 15 is 0 Å². The van der Waals surface area contributed by atoms with Crippen molar-refractivity contribution >= 4 is 10.9 Å². The van der Waals surface area contributed by atoms with Crippen molar-refractivity contribution in [1.82, 2.24) is 0 Å². The summed E-state index contributed by atoms with van der Waals surface area (Å²) in [5.41, 5.74) is 0. The van der Waals surface area contributed by atoms with Crippen molar-refractivity contribution in [1.29, 1.82) is 0 Å². The van der Waals surface area contributed by atoms with Gasteiger partial charge in [-0.05, 0) is 12.5 Å². The van der Waals surface area contributed by atoms with E-state index in [1.807, 2.05) is 0 Å². The monoisotopic (exact) mass is 192 g/mol. The normalized spacial score (nSPS) is 23.8. The van der Waals surface area contributed by atoms with Gasteiger partial charge in [-0.15, -0.1) is 0 Å². The van der Waals surface area contributed by atoms with Crippen LogP contribution in [0.3, 0.4) is 0 Å². The summed E-state index contributed by atoms with van der Waals surface area (Å²) < 4.78 is 6.60.